The Hall–Kier alpha value is -2.91. The van der Waals surface area contributed by atoms with E-state index >= 15 is 0 Å². The molecule has 0 aliphatic carbocycles. The summed E-state index contributed by atoms with van der Waals surface area (Å²) in [6.45, 7) is 4.61. The average Bonchev–Trinajstić information content (AvgIpc) is 3.22. The quantitative estimate of drug-likeness (QED) is 0.700. The van der Waals surface area contributed by atoms with E-state index in [1.54, 1.807) is 23.1 Å². The van der Waals surface area contributed by atoms with Crippen molar-refractivity contribution in [3.8, 4) is 11.5 Å². The number of amides is 1. The van der Waals surface area contributed by atoms with Gasteiger partial charge in [-0.1, -0.05) is 13.0 Å². The van der Waals surface area contributed by atoms with Crippen LogP contribution in [0.15, 0.2) is 24.3 Å². The van der Waals surface area contributed by atoms with Gasteiger partial charge in [-0.15, -0.1) is 0 Å². The van der Waals surface area contributed by atoms with Crippen LogP contribution >= 0.6 is 0 Å². The molecule has 1 amide bonds. The number of ether oxygens (including phenoxy) is 2. The number of fused-ring (bicyclic) bond motifs is 1. The number of carbonyl (C=O) groups excluding carboxylic acids is 1. The van der Waals surface area contributed by atoms with Crippen LogP contribution in [0.3, 0.4) is 0 Å². The third-order valence-electron chi connectivity index (χ3n) is 6.60. The first-order valence-electron chi connectivity index (χ1n) is 11.1. The smallest absolute Gasteiger partial charge is 0.410 e. The van der Waals surface area contributed by atoms with Gasteiger partial charge in [0.05, 0.1) is 20.3 Å². The minimum absolute atomic E-state index is 0.0262. The van der Waals surface area contributed by atoms with E-state index < -0.39 is 18.3 Å². The summed E-state index contributed by atoms with van der Waals surface area (Å²) in [6.07, 6.45) is -2.90. The van der Waals surface area contributed by atoms with Crippen LogP contribution in [0.25, 0.3) is 0 Å². The third-order valence-corrected chi connectivity index (χ3v) is 6.60. The van der Waals surface area contributed by atoms with Gasteiger partial charge in [0.2, 0.25) is 0 Å². The van der Waals surface area contributed by atoms with Gasteiger partial charge in [0.15, 0.2) is 23.2 Å². The van der Waals surface area contributed by atoms with Gasteiger partial charge in [0.25, 0.3) is 5.91 Å². The Labute approximate surface area is 190 Å². The molecule has 4 atom stereocenters. The summed E-state index contributed by atoms with van der Waals surface area (Å²) in [4.78, 5) is 14.9. The maximum absolute atomic E-state index is 14.0. The molecule has 1 fully saturated rings. The Morgan fingerprint density at radius 2 is 1.85 bits per heavy atom. The molecule has 2 aromatic rings. The molecule has 7 nitrogen and oxygen atoms in total. The molecule has 0 radical (unpaired) electrons. The summed E-state index contributed by atoms with van der Waals surface area (Å²) >= 11 is 0. The molecule has 0 bridgehead atoms. The maximum Gasteiger partial charge on any atom is 0.410 e. The number of piperidine rings is 1. The minimum atomic E-state index is -4.52. The minimum Gasteiger partial charge on any atom is -0.493 e. The predicted octanol–water partition coefficient (Wildman–Crippen LogP) is 4.82. The van der Waals surface area contributed by atoms with Crippen molar-refractivity contribution in [1.82, 2.24) is 14.7 Å². The Bertz CT molecular complexity index is 1020. The fourth-order valence-corrected chi connectivity index (χ4v) is 4.68. The largest absolute Gasteiger partial charge is 0.493 e. The summed E-state index contributed by atoms with van der Waals surface area (Å²) in [6, 6.07) is 4.00. The van der Waals surface area contributed by atoms with Crippen LogP contribution in [0.4, 0.5) is 19.0 Å². The third kappa shape index (κ3) is 4.47. The number of nitrogens with one attached hydrogen (secondary N) is 1. The zero-order valence-electron chi connectivity index (χ0n) is 19.1. The molecule has 4 rings (SSSR count). The van der Waals surface area contributed by atoms with Gasteiger partial charge in [-0.2, -0.15) is 18.3 Å². The second-order valence-electron chi connectivity index (χ2n) is 8.95. The van der Waals surface area contributed by atoms with Crippen molar-refractivity contribution >= 4 is 11.7 Å². The van der Waals surface area contributed by atoms with Gasteiger partial charge in [0, 0.05) is 25.1 Å². The Kier molecular flexibility index (Phi) is 6.20. The molecule has 1 aromatic heterocycles. The second-order valence-corrected chi connectivity index (χ2v) is 8.95. The monoisotopic (exact) mass is 466 g/mol. The number of alkyl halides is 3. The van der Waals surface area contributed by atoms with Crippen LogP contribution < -0.4 is 14.8 Å². The molecule has 2 aliphatic heterocycles. The van der Waals surface area contributed by atoms with E-state index in [0.717, 1.165) is 17.5 Å². The first-order chi connectivity index (χ1) is 15.6. The lowest BCUT2D eigenvalue weighted by atomic mass is 9.95. The number of nitrogens with zero attached hydrogens (tertiary/aromatic N) is 3. The lowest BCUT2D eigenvalue weighted by molar-refractivity contribution is -0.173. The number of methoxy groups -OCH3 is 2. The molecule has 0 saturated carbocycles. The number of aromatic nitrogens is 2. The van der Waals surface area contributed by atoms with Gasteiger partial charge >= 0.3 is 6.18 Å². The number of carbonyl (C=O) groups is 1. The molecule has 0 spiro atoms. The van der Waals surface area contributed by atoms with E-state index in [0.29, 0.717) is 29.5 Å². The lowest BCUT2D eigenvalue weighted by Crippen LogP contribution is -2.45. The number of likely N-dealkylation sites (tertiary alicyclic amines) is 1. The van der Waals surface area contributed by atoms with Crippen molar-refractivity contribution < 1.29 is 27.4 Å². The van der Waals surface area contributed by atoms with Crippen LogP contribution in [0.5, 0.6) is 11.5 Å². The predicted molar refractivity (Wildman–Crippen MR) is 117 cm³/mol. The molecule has 3 heterocycles. The zero-order valence-corrected chi connectivity index (χ0v) is 19.1. The Balaban J connectivity index is 1.67. The van der Waals surface area contributed by atoms with Gasteiger partial charge in [-0.25, -0.2) is 4.68 Å². The van der Waals surface area contributed by atoms with Crippen LogP contribution in [0.2, 0.25) is 0 Å². The number of hydrogen-bond acceptors (Lipinski definition) is 5. The molecule has 33 heavy (non-hydrogen) atoms. The molecule has 2 aliphatic rings. The first kappa shape index (κ1) is 23.3. The fourth-order valence-electron chi connectivity index (χ4n) is 4.68. The molecular formula is C23H29F3N4O3. The highest BCUT2D eigenvalue weighted by Crippen LogP contribution is 2.44. The van der Waals surface area contributed by atoms with Gasteiger partial charge in [0.1, 0.15) is 5.82 Å². The molecule has 180 valence electrons. The standard InChI is InChI=1S/C23H29F3N4O3/c1-13-5-6-14(2)29(12-13)22(31)17-11-21-27-16(10-20(23(24,25)26)30(21)28-17)15-7-8-18(32-3)19(9-15)33-4/h7-9,11,13-14,16,20,27H,5-6,10,12H2,1-4H3/t13-,14+,16-,20+/m0/s1. The molecular weight excluding hydrogens is 437 g/mol. The van der Waals surface area contributed by atoms with Crippen LogP contribution in [-0.2, 0) is 0 Å². The van der Waals surface area contributed by atoms with E-state index in [4.69, 9.17) is 9.47 Å². The highest BCUT2D eigenvalue weighted by atomic mass is 19.4. The van der Waals surface area contributed by atoms with Gasteiger partial charge in [-0.3, -0.25) is 4.79 Å². The van der Waals surface area contributed by atoms with Crippen molar-refractivity contribution in [1.29, 1.82) is 0 Å². The van der Waals surface area contributed by atoms with Crippen molar-refractivity contribution in [3.63, 3.8) is 0 Å². The van der Waals surface area contributed by atoms with E-state index in [9.17, 15) is 18.0 Å². The van der Waals surface area contributed by atoms with Crippen molar-refractivity contribution in [2.75, 3.05) is 26.1 Å². The van der Waals surface area contributed by atoms with Gasteiger partial charge < -0.3 is 19.7 Å². The van der Waals surface area contributed by atoms with Crippen LogP contribution in [0, 0.1) is 5.92 Å². The second kappa shape index (κ2) is 8.79. The molecule has 10 heteroatoms. The number of rotatable bonds is 4. The van der Waals surface area contributed by atoms with Crippen LogP contribution in [-0.4, -0.2) is 53.6 Å². The summed E-state index contributed by atoms with van der Waals surface area (Å²) in [5, 5.41) is 7.26. The van der Waals surface area contributed by atoms with E-state index in [1.807, 2.05) is 6.92 Å². The van der Waals surface area contributed by atoms with E-state index in [2.05, 4.69) is 17.3 Å². The Morgan fingerprint density at radius 3 is 2.52 bits per heavy atom. The summed E-state index contributed by atoms with van der Waals surface area (Å²) < 4.78 is 53.5. The molecule has 1 saturated heterocycles. The highest BCUT2D eigenvalue weighted by molar-refractivity contribution is 5.93. The average molecular weight is 467 g/mol. The first-order valence-corrected chi connectivity index (χ1v) is 11.1. The summed E-state index contributed by atoms with van der Waals surface area (Å²) in [7, 11) is 2.97. The van der Waals surface area contributed by atoms with Crippen LogP contribution in [0.1, 0.15) is 61.2 Å². The number of benzene rings is 1. The van der Waals surface area contributed by atoms with E-state index in [-0.39, 0.29) is 29.9 Å². The molecule has 1 N–H and O–H groups in total. The van der Waals surface area contributed by atoms with Crippen molar-refractivity contribution in [3.05, 3.63) is 35.5 Å². The maximum atomic E-state index is 14.0. The summed E-state index contributed by atoms with van der Waals surface area (Å²) in [5.74, 6) is 1.11. The van der Waals surface area contributed by atoms with Gasteiger partial charge in [-0.05, 0) is 43.4 Å². The number of anilines is 1. The molecule has 0 unspecified atom stereocenters. The number of halogens is 3. The summed E-state index contributed by atoms with van der Waals surface area (Å²) in [5.41, 5.74) is 0.654. The van der Waals surface area contributed by atoms with Crippen molar-refractivity contribution in [2.45, 2.75) is 57.4 Å². The Morgan fingerprint density at radius 1 is 1.12 bits per heavy atom. The number of hydrogen-bond donors (Lipinski definition) is 1. The highest BCUT2D eigenvalue weighted by Gasteiger charge is 2.47. The molecule has 1 aromatic carbocycles. The normalized spacial score (nSPS) is 25.2. The van der Waals surface area contributed by atoms with E-state index in [1.165, 1.54) is 20.3 Å². The lowest BCUT2D eigenvalue weighted by Gasteiger charge is -2.36. The SMILES string of the molecule is COc1ccc([C@@H]2C[C@H](C(F)(F)F)n3nc(C(=O)N4C[C@@H](C)CC[C@H]4C)cc3N2)cc1OC. The zero-order chi connectivity index (χ0) is 23.9. The fraction of sp³-hybridized carbons (Fsp3) is 0.565. The van der Waals surface area contributed by atoms with Crippen molar-refractivity contribution in [2.24, 2.45) is 5.92 Å². The topological polar surface area (TPSA) is 68.6 Å².